The van der Waals surface area contributed by atoms with Crippen molar-refractivity contribution in [2.24, 2.45) is 11.8 Å². The van der Waals surface area contributed by atoms with Gasteiger partial charge in [-0.3, -0.25) is 4.79 Å². The standard InChI is InChI=1S/C12H14BrNO2/c1-7-5-9(7)12(15)14-11-6-8(16-2)3-4-10(11)13/h3-4,6-7,9H,5H2,1-2H3,(H,14,15). The minimum absolute atomic E-state index is 0.0986. The molecule has 0 bridgehead atoms. The number of benzene rings is 1. The molecule has 1 N–H and O–H groups in total. The number of ether oxygens (including phenoxy) is 1. The zero-order valence-corrected chi connectivity index (χ0v) is 10.9. The van der Waals surface area contributed by atoms with Crippen LogP contribution in [0.25, 0.3) is 0 Å². The molecule has 0 aromatic heterocycles. The van der Waals surface area contributed by atoms with Gasteiger partial charge in [-0.05, 0) is 40.4 Å². The molecule has 1 aromatic rings. The van der Waals surface area contributed by atoms with Gasteiger partial charge in [0.25, 0.3) is 0 Å². The van der Waals surface area contributed by atoms with E-state index < -0.39 is 0 Å². The van der Waals surface area contributed by atoms with E-state index in [0.29, 0.717) is 5.92 Å². The first-order valence-electron chi connectivity index (χ1n) is 5.26. The van der Waals surface area contributed by atoms with Gasteiger partial charge in [0.2, 0.25) is 5.91 Å². The van der Waals surface area contributed by atoms with Gasteiger partial charge in [0.05, 0.1) is 12.8 Å². The predicted molar refractivity (Wildman–Crippen MR) is 66.6 cm³/mol. The third-order valence-electron chi connectivity index (χ3n) is 2.88. The third-order valence-corrected chi connectivity index (χ3v) is 3.57. The van der Waals surface area contributed by atoms with Crippen LogP contribution in [0.4, 0.5) is 5.69 Å². The highest BCUT2D eigenvalue weighted by Crippen LogP contribution is 2.39. The van der Waals surface area contributed by atoms with Crippen LogP contribution in [-0.4, -0.2) is 13.0 Å². The Balaban J connectivity index is 2.10. The molecule has 2 unspecified atom stereocenters. The number of rotatable bonds is 3. The Kier molecular flexibility index (Phi) is 3.19. The summed E-state index contributed by atoms with van der Waals surface area (Å²) in [7, 11) is 1.61. The van der Waals surface area contributed by atoms with E-state index in [9.17, 15) is 4.79 Å². The second kappa shape index (κ2) is 4.45. The van der Waals surface area contributed by atoms with E-state index in [0.717, 1.165) is 22.3 Å². The van der Waals surface area contributed by atoms with Crippen LogP contribution in [-0.2, 0) is 4.79 Å². The molecule has 86 valence electrons. The maximum atomic E-state index is 11.8. The van der Waals surface area contributed by atoms with Crippen LogP contribution in [0.3, 0.4) is 0 Å². The molecule has 1 aliphatic carbocycles. The minimum atomic E-state index is 0.0986. The van der Waals surface area contributed by atoms with Crippen LogP contribution in [0.5, 0.6) is 5.75 Å². The normalized spacial score (nSPS) is 22.7. The second-order valence-electron chi connectivity index (χ2n) is 4.15. The molecule has 0 aliphatic heterocycles. The van der Waals surface area contributed by atoms with Crippen LogP contribution in [0.2, 0.25) is 0 Å². The van der Waals surface area contributed by atoms with E-state index in [1.807, 2.05) is 18.2 Å². The van der Waals surface area contributed by atoms with Crippen molar-refractivity contribution < 1.29 is 9.53 Å². The van der Waals surface area contributed by atoms with Crippen molar-refractivity contribution in [3.05, 3.63) is 22.7 Å². The van der Waals surface area contributed by atoms with Crippen molar-refractivity contribution in [1.29, 1.82) is 0 Å². The molecule has 3 nitrogen and oxygen atoms in total. The lowest BCUT2D eigenvalue weighted by atomic mass is 10.2. The van der Waals surface area contributed by atoms with Crippen LogP contribution in [0.15, 0.2) is 22.7 Å². The molecule has 2 atom stereocenters. The summed E-state index contributed by atoms with van der Waals surface area (Å²) in [5, 5.41) is 2.91. The second-order valence-corrected chi connectivity index (χ2v) is 5.01. The number of anilines is 1. The van der Waals surface area contributed by atoms with Gasteiger partial charge in [-0.25, -0.2) is 0 Å². The van der Waals surface area contributed by atoms with Crippen molar-refractivity contribution in [3.8, 4) is 5.75 Å². The first-order valence-corrected chi connectivity index (χ1v) is 6.05. The van der Waals surface area contributed by atoms with Gasteiger partial charge in [0.15, 0.2) is 0 Å². The first kappa shape index (κ1) is 11.5. The van der Waals surface area contributed by atoms with Crippen LogP contribution in [0, 0.1) is 11.8 Å². The van der Waals surface area contributed by atoms with Gasteiger partial charge in [-0.15, -0.1) is 0 Å². The molecule has 0 spiro atoms. The monoisotopic (exact) mass is 283 g/mol. The van der Waals surface area contributed by atoms with E-state index >= 15 is 0 Å². The van der Waals surface area contributed by atoms with E-state index in [4.69, 9.17) is 4.74 Å². The summed E-state index contributed by atoms with van der Waals surface area (Å²) in [4.78, 5) is 11.8. The largest absolute Gasteiger partial charge is 0.497 e. The Morgan fingerprint density at radius 1 is 1.56 bits per heavy atom. The van der Waals surface area contributed by atoms with Gasteiger partial charge in [-0.1, -0.05) is 6.92 Å². The molecule has 0 radical (unpaired) electrons. The smallest absolute Gasteiger partial charge is 0.227 e. The summed E-state index contributed by atoms with van der Waals surface area (Å²) < 4.78 is 5.99. The summed E-state index contributed by atoms with van der Waals surface area (Å²) in [6.45, 7) is 2.09. The average molecular weight is 284 g/mol. The summed E-state index contributed by atoms with van der Waals surface area (Å²) in [6.07, 6.45) is 0.993. The highest BCUT2D eigenvalue weighted by Gasteiger charge is 2.39. The molecular weight excluding hydrogens is 270 g/mol. The van der Waals surface area contributed by atoms with E-state index in [1.165, 1.54) is 0 Å². The molecule has 1 amide bonds. The lowest BCUT2D eigenvalue weighted by Crippen LogP contribution is -2.14. The molecule has 1 aliphatic rings. The quantitative estimate of drug-likeness (QED) is 0.926. The van der Waals surface area contributed by atoms with E-state index in [-0.39, 0.29) is 11.8 Å². The van der Waals surface area contributed by atoms with Crippen molar-refractivity contribution >= 4 is 27.5 Å². The fourth-order valence-electron chi connectivity index (χ4n) is 1.64. The Morgan fingerprint density at radius 2 is 2.25 bits per heavy atom. The zero-order valence-electron chi connectivity index (χ0n) is 9.29. The zero-order chi connectivity index (χ0) is 11.7. The molecule has 1 saturated carbocycles. The van der Waals surface area contributed by atoms with Gasteiger partial charge in [0.1, 0.15) is 5.75 Å². The summed E-state index contributed by atoms with van der Waals surface area (Å²) in [5.41, 5.74) is 0.767. The van der Waals surface area contributed by atoms with Crippen LogP contribution >= 0.6 is 15.9 Å². The maximum absolute atomic E-state index is 11.8. The molecule has 1 aromatic carbocycles. The summed E-state index contributed by atoms with van der Waals surface area (Å²) >= 11 is 3.40. The minimum Gasteiger partial charge on any atom is -0.497 e. The summed E-state index contributed by atoms with van der Waals surface area (Å²) in [5.74, 6) is 1.53. The topological polar surface area (TPSA) is 38.3 Å². The molecule has 0 saturated heterocycles. The number of hydrogen-bond acceptors (Lipinski definition) is 2. The molecular formula is C12H14BrNO2. The fraction of sp³-hybridized carbons (Fsp3) is 0.417. The number of amides is 1. The average Bonchev–Trinajstić information content (AvgIpc) is 2.99. The predicted octanol–water partition coefficient (Wildman–Crippen LogP) is 3.05. The SMILES string of the molecule is COc1ccc(Br)c(NC(=O)C2CC2C)c1. The highest BCUT2D eigenvalue weighted by molar-refractivity contribution is 9.10. The fourth-order valence-corrected chi connectivity index (χ4v) is 1.99. The number of carbonyl (C=O) groups is 1. The van der Waals surface area contributed by atoms with Gasteiger partial charge >= 0.3 is 0 Å². The third kappa shape index (κ3) is 2.38. The van der Waals surface area contributed by atoms with Crippen molar-refractivity contribution in [3.63, 3.8) is 0 Å². The van der Waals surface area contributed by atoms with E-state index in [2.05, 4.69) is 28.2 Å². The first-order chi connectivity index (χ1) is 7.61. The van der Waals surface area contributed by atoms with Crippen molar-refractivity contribution in [1.82, 2.24) is 0 Å². The Labute approximate surface area is 103 Å². The van der Waals surface area contributed by atoms with Crippen LogP contribution in [0.1, 0.15) is 13.3 Å². The van der Waals surface area contributed by atoms with Crippen molar-refractivity contribution in [2.45, 2.75) is 13.3 Å². The molecule has 2 rings (SSSR count). The Hall–Kier alpha value is -1.03. The van der Waals surface area contributed by atoms with Gasteiger partial charge in [0, 0.05) is 16.5 Å². The molecule has 16 heavy (non-hydrogen) atoms. The summed E-state index contributed by atoms with van der Waals surface area (Å²) in [6, 6.07) is 5.53. The number of nitrogens with one attached hydrogen (secondary N) is 1. The molecule has 0 heterocycles. The lowest BCUT2D eigenvalue weighted by molar-refractivity contribution is -0.117. The van der Waals surface area contributed by atoms with E-state index in [1.54, 1.807) is 7.11 Å². The number of carbonyl (C=O) groups excluding carboxylic acids is 1. The highest BCUT2D eigenvalue weighted by atomic mass is 79.9. The lowest BCUT2D eigenvalue weighted by Gasteiger charge is -2.08. The maximum Gasteiger partial charge on any atom is 0.227 e. The number of hydrogen-bond donors (Lipinski definition) is 1. The molecule has 4 heteroatoms. The van der Waals surface area contributed by atoms with Gasteiger partial charge < -0.3 is 10.1 Å². The number of halogens is 1. The molecule has 1 fully saturated rings. The Bertz CT molecular complexity index is 419. The Morgan fingerprint density at radius 3 is 2.81 bits per heavy atom. The number of methoxy groups -OCH3 is 1. The van der Waals surface area contributed by atoms with Crippen molar-refractivity contribution in [2.75, 3.05) is 12.4 Å². The van der Waals surface area contributed by atoms with Crippen LogP contribution < -0.4 is 10.1 Å². The van der Waals surface area contributed by atoms with Gasteiger partial charge in [-0.2, -0.15) is 0 Å².